The Morgan fingerprint density at radius 3 is 3.08 bits per heavy atom. The van der Waals surface area contributed by atoms with Crippen molar-refractivity contribution in [2.45, 2.75) is 38.0 Å². The van der Waals surface area contributed by atoms with E-state index in [0.29, 0.717) is 32.7 Å². The van der Waals surface area contributed by atoms with Gasteiger partial charge in [0.2, 0.25) is 11.8 Å². The van der Waals surface area contributed by atoms with Crippen molar-refractivity contribution in [2.75, 3.05) is 40.0 Å². The number of aryl methyl sites for hydroxylation is 1. The Labute approximate surface area is 147 Å². The Morgan fingerprint density at radius 1 is 1.44 bits per heavy atom. The van der Waals surface area contributed by atoms with Crippen LogP contribution in [0.25, 0.3) is 0 Å². The predicted octanol–water partition coefficient (Wildman–Crippen LogP) is 0.138. The lowest BCUT2D eigenvalue weighted by molar-refractivity contribution is -0.167. The molecule has 3 heterocycles. The highest BCUT2D eigenvalue weighted by molar-refractivity contribution is 5.79. The zero-order valence-electron chi connectivity index (χ0n) is 14.7. The average molecular weight is 350 g/mol. The maximum Gasteiger partial charge on any atom is 0.249 e. The number of aromatic nitrogens is 2. The number of hydrogen-bond acceptors (Lipinski definition) is 5. The van der Waals surface area contributed by atoms with E-state index in [1.54, 1.807) is 13.3 Å². The Hall–Kier alpha value is -1.93. The number of fused-ring (bicyclic) bond motifs is 1. The van der Waals surface area contributed by atoms with Gasteiger partial charge >= 0.3 is 0 Å². The van der Waals surface area contributed by atoms with Gasteiger partial charge in [-0.05, 0) is 18.9 Å². The van der Waals surface area contributed by atoms with Gasteiger partial charge in [0, 0.05) is 52.1 Å². The number of ether oxygens (including phenoxy) is 2. The summed E-state index contributed by atoms with van der Waals surface area (Å²) in [5.41, 5.74) is 0. The quantitative estimate of drug-likeness (QED) is 0.699. The Morgan fingerprint density at radius 2 is 2.32 bits per heavy atom. The minimum Gasteiger partial charge on any atom is -0.383 e. The molecule has 2 aliphatic rings. The molecule has 0 saturated carbocycles. The van der Waals surface area contributed by atoms with Gasteiger partial charge in [-0.25, -0.2) is 0 Å². The van der Waals surface area contributed by atoms with E-state index >= 15 is 0 Å². The number of piperidine rings is 1. The third kappa shape index (κ3) is 4.38. The minimum absolute atomic E-state index is 0.0164. The van der Waals surface area contributed by atoms with Crippen molar-refractivity contribution in [3.63, 3.8) is 0 Å². The van der Waals surface area contributed by atoms with Crippen LogP contribution in [0.4, 0.5) is 0 Å². The molecule has 0 aromatic carbocycles. The first-order chi connectivity index (χ1) is 12.2. The maximum atomic E-state index is 12.5. The summed E-state index contributed by atoms with van der Waals surface area (Å²) < 4.78 is 12.6. The smallest absolute Gasteiger partial charge is 0.249 e. The molecule has 0 aliphatic carbocycles. The molecular formula is C17H26N4O4. The number of methoxy groups -OCH3 is 1. The first kappa shape index (κ1) is 17.9. The average Bonchev–Trinajstić information content (AvgIpc) is 3.14. The fourth-order valence-corrected chi connectivity index (χ4v) is 3.54. The fourth-order valence-electron chi connectivity index (χ4n) is 3.54. The molecule has 25 heavy (non-hydrogen) atoms. The number of amides is 2. The number of hydrogen-bond donors (Lipinski definition) is 0. The summed E-state index contributed by atoms with van der Waals surface area (Å²) in [7, 11) is 1.62. The van der Waals surface area contributed by atoms with E-state index in [2.05, 4.69) is 5.10 Å². The van der Waals surface area contributed by atoms with E-state index in [4.69, 9.17) is 9.47 Å². The number of likely N-dealkylation sites (tertiary alicyclic amines) is 1. The summed E-state index contributed by atoms with van der Waals surface area (Å²) in [6, 6.07) is 1.81. The van der Waals surface area contributed by atoms with E-state index in [0.717, 1.165) is 19.4 Å². The molecule has 2 aliphatic heterocycles. The van der Waals surface area contributed by atoms with Crippen LogP contribution in [0.15, 0.2) is 18.5 Å². The highest BCUT2D eigenvalue weighted by Crippen LogP contribution is 2.24. The monoisotopic (exact) mass is 350 g/mol. The maximum absolute atomic E-state index is 12.5. The molecule has 2 atom stereocenters. The zero-order valence-corrected chi connectivity index (χ0v) is 14.7. The highest BCUT2D eigenvalue weighted by Gasteiger charge is 2.41. The van der Waals surface area contributed by atoms with E-state index in [1.807, 2.05) is 26.7 Å². The van der Waals surface area contributed by atoms with Crippen LogP contribution in [0.2, 0.25) is 0 Å². The second-order valence-corrected chi connectivity index (χ2v) is 6.50. The fraction of sp³-hybridized carbons (Fsp3) is 0.706. The van der Waals surface area contributed by atoms with Crippen LogP contribution in [0, 0.1) is 0 Å². The Bertz CT molecular complexity index is 577. The molecule has 0 radical (unpaired) electrons. The molecule has 1 aromatic rings. The van der Waals surface area contributed by atoms with Gasteiger partial charge in [0.05, 0.1) is 18.8 Å². The number of morpholine rings is 1. The van der Waals surface area contributed by atoms with E-state index in [9.17, 15) is 9.59 Å². The molecule has 138 valence electrons. The number of carbonyl (C=O) groups is 2. The van der Waals surface area contributed by atoms with Crippen molar-refractivity contribution in [3.8, 4) is 0 Å². The van der Waals surface area contributed by atoms with Crippen LogP contribution in [-0.4, -0.2) is 83.5 Å². The van der Waals surface area contributed by atoms with Crippen LogP contribution in [0.1, 0.15) is 19.3 Å². The summed E-state index contributed by atoms with van der Waals surface area (Å²) >= 11 is 0. The van der Waals surface area contributed by atoms with E-state index < -0.39 is 0 Å². The van der Waals surface area contributed by atoms with Crippen molar-refractivity contribution < 1.29 is 19.1 Å². The van der Waals surface area contributed by atoms with Crippen LogP contribution >= 0.6 is 0 Å². The normalized spacial score (nSPS) is 23.6. The molecule has 0 N–H and O–H groups in total. The SMILES string of the molecule is COCCN1C(=O)CO[C@@H]2CCN(C(=O)CCCn3cccn3)C[C@@H]21. The van der Waals surface area contributed by atoms with Crippen LogP contribution in [0.5, 0.6) is 0 Å². The van der Waals surface area contributed by atoms with E-state index in [-0.39, 0.29) is 30.6 Å². The lowest BCUT2D eigenvalue weighted by Crippen LogP contribution is -2.63. The van der Waals surface area contributed by atoms with Gasteiger partial charge in [0.1, 0.15) is 6.61 Å². The number of carbonyl (C=O) groups excluding carboxylic acids is 2. The molecule has 1 aromatic heterocycles. The van der Waals surface area contributed by atoms with Crippen molar-refractivity contribution in [1.82, 2.24) is 19.6 Å². The van der Waals surface area contributed by atoms with Gasteiger partial charge in [0.25, 0.3) is 0 Å². The second kappa shape index (κ2) is 8.44. The molecule has 2 saturated heterocycles. The van der Waals surface area contributed by atoms with Crippen molar-refractivity contribution in [1.29, 1.82) is 0 Å². The predicted molar refractivity (Wildman–Crippen MR) is 89.8 cm³/mol. The van der Waals surface area contributed by atoms with Crippen molar-refractivity contribution in [2.24, 2.45) is 0 Å². The Balaban J connectivity index is 1.53. The molecule has 0 unspecified atom stereocenters. The lowest BCUT2D eigenvalue weighted by Gasteiger charge is -2.46. The van der Waals surface area contributed by atoms with Crippen LogP contribution < -0.4 is 0 Å². The van der Waals surface area contributed by atoms with Gasteiger partial charge in [-0.15, -0.1) is 0 Å². The van der Waals surface area contributed by atoms with Crippen molar-refractivity contribution in [3.05, 3.63) is 18.5 Å². The molecule has 8 heteroatoms. The molecule has 2 amide bonds. The lowest BCUT2D eigenvalue weighted by atomic mass is 9.98. The molecule has 0 bridgehead atoms. The standard InChI is InChI=1S/C17H26N4O4/c1-24-11-10-21-14-12-19(9-5-15(14)25-13-17(21)23)16(22)4-2-7-20-8-3-6-18-20/h3,6,8,14-15H,2,4-5,7,9-13H2,1H3/t14-,15+/m0/s1. The third-order valence-corrected chi connectivity index (χ3v) is 4.89. The van der Waals surface area contributed by atoms with Gasteiger partial charge in [-0.2, -0.15) is 5.10 Å². The first-order valence-corrected chi connectivity index (χ1v) is 8.84. The molecule has 8 nitrogen and oxygen atoms in total. The summed E-state index contributed by atoms with van der Waals surface area (Å²) in [6.45, 7) is 3.13. The molecule has 3 rings (SSSR count). The minimum atomic E-state index is -0.0692. The van der Waals surface area contributed by atoms with Gasteiger partial charge in [0.15, 0.2) is 0 Å². The summed E-state index contributed by atoms with van der Waals surface area (Å²) in [5.74, 6) is 0.113. The summed E-state index contributed by atoms with van der Waals surface area (Å²) in [4.78, 5) is 28.4. The zero-order chi connectivity index (χ0) is 17.6. The first-order valence-electron chi connectivity index (χ1n) is 8.84. The van der Waals surface area contributed by atoms with Gasteiger partial charge < -0.3 is 19.3 Å². The third-order valence-electron chi connectivity index (χ3n) is 4.89. The topological polar surface area (TPSA) is 76.9 Å². The Kier molecular flexibility index (Phi) is 6.04. The highest BCUT2D eigenvalue weighted by atomic mass is 16.5. The molecule has 0 spiro atoms. The largest absolute Gasteiger partial charge is 0.383 e. The summed E-state index contributed by atoms with van der Waals surface area (Å²) in [6.07, 6.45) is 5.67. The van der Waals surface area contributed by atoms with Crippen LogP contribution in [-0.2, 0) is 25.6 Å². The number of nitrogens with zero attached hydrogens (tertiary/aromatic N) is 4. The van der Waals surface area contributed by atoms with Gasteiger partial charge in [-0.1, -0.05) is 0 Å². The van der Waals surface area contributed by atoms with Crippen molar-refractivity contribution >= 4 is 11.8 Å². The second-order valence-electron chi connectivity index (χ2n) is 6.50. The number of rotatable bonds is 7. The molecular weight excluding hydrogens is 324 g/mol. The summed E-state index contributed by atoms with van der Waals surface area (Å²) in [5, 5.41) is 4.15. The van der Waals surface area contributed by atoms with Crippen LogP contribution in [0.3, 0.4) is 0 Å². The molecule has 2 fully saturated rings. The van der Waals surface area contributed by atoms with Gasteiger partial charge in [-0.3, -0.25) is 14.3 Å². The van der Waals surface area contributed by atoms with E-state index in [1.165, 1.54) is 0 Å².